The number of hydrogen-bond acceptors (Lipinski definition) is 4. The van der Waals surface area contributed by atoms with E-state index in [2.05, 4.69) is 11.0 Å². The summed E-state index contributed by atoms with van der Waals surface area (Å²) >= 11 is 19.0. The van der Waals surface area contributed by atoms with Gasteiger partial charge in [0.05, 0.1) is 30.4 Å². The smallest absolute Gasteiger partial charge is 0.0992 e. The highest BCUT2D eigenvalue weighted by molar-refractivity contribution is 6.35. The monoisotopic (exact) mass is 436 g/mol. The second kappa shape index (κ2) is 8.20. The molecule has 2 aromatic rings. The molecule has 3 unspecified atom stereocenters. The van der Waals surface area contributed by atoms with Crippen molar-refractivity contribution in [2.75, 3.05) is 13.1 Å². The van der Waals surface area contributed by atoms with Crippen LogP contribution in [0.1, 0.15) is 34.8 Å². The van der Waals surface area contributed by atoms with Crippen LogP contribution in [0.25, 0.3) is 0 Å². The van der Waals surface area contributed by atoms with E-state index >= 15 is 0 Å². The Bertz CT molecular complexity index is 944. The molecule has 1 heterocycles. The van der Waals surface area contributed by atoms with Crippen molar-refractivity contribution in [1.29, 1.82) is 5.26 Å². The number of likely N-dealkylation sites (tertiary alicyclic amines) is 1. The molecule has 0 radical (unpaired) electrons. The summed E-state index contributed by atoms with van der Waals surface area (Å²) in [4.78, 5) is 2.26. The SMILES string of the molecule is N#Cc1ccc(COC2c3cc(Cl)cc(Cl)c3CC2N2CCC(O)C2)c(Cl)c1. The number of ether oxygens (including phenoxy) is 1. The molecule has 0 bridgehead atoms. The molecule has 4 nitrogen and oxygen atoms in total. The lowest BCUT2D eigenvalue weighted by Gasteiger charge is -2.29. The first-order valence-corrected chi connectivity index (χ1v) is 10.3. The topological polar surface area (TPSA) is 56.5 Å². The van der Waals surface area contributed by atoms with Gasteiger partial charge in [-0.05, 0) is 53.8 Å². The molecule has 28 heavy (non-hydrogen) atoms. The molecule has 1 aliphatic carbocycles. The summed E-state index contributed by atoms with van der Waals surface area (Å²) < 4.78 is 6.33. The standard InChI is InChI=1S/C21H19Cl3N2O2/c22-14-6-17-16(19(24)7-14)8-20(26-4-3-15(27)10-26)21(17)28-11-13-2-1-12(9-25)5-18(13)23/h1-2,5-7,15,20-21,27H,3-4,8,10-11H2. The first-order chi connectivity index (χ1) is 13.5. The van der Waals surface area contributed by atoms with E-state index in [1.54, 1.807) is 18.2 Å². The Balaban J connectivity index is 1.61. The number of nitrogens with zero attached hydrogens (tertiary/aromatic N) is 2. The molecule has 4 rings (SSSR count). The van der Waals surface area contributed by atoms with Crippen LogP contribution < -0.4 is 0 Å². The molecule has 0 aromatic heterocycles. The first-order valence-electron chi connectivity index (χ1n) is 9.16. The average molecular weight is 438 g/mol. The van der Waals surface area contributed by atoms with Gasteiger partial charge in [0.2, 0.25) is 0 Å². The molecule has 0 saturated carbocycles. The predicted octanol–water partition coefficient (Wildman–Crippen LogP) is 4.77. The third-order valence-electron chi connectivity index (χ3n) is 5.53. The van der Waals surface area contributed by atoms with E-state index in [1.807, 2.05) is 12.1 Å². The van der Waals surface area contributed by atoms with Crippen LogP contribution in [0.4, 0.5) is 0 Å². The summed E-state index contributed by atoms with van der Waals surface area (Å²) in [5.41, 5.74) is 3.38. The van der Waals surface area contributed by atoms with Crippen LogP contribution in [0.15, 0.2) is 30.3 Å². The fourth-order valence-electron chi connectivity index (χ4n) is 4.12. The summed E-state index contributed by atoms with van der Waals surface area (Å²) in [6.07, 6.45) is 0.985. The highest BCUT2D eigenvalue weighted by Gasteiger charge is 2.40. The van der Waals surface area contributed by atoms with E-state index in [0.29, 0.717) is 33.8 Å². The molecule has 2 aliphatic rings. The summed E-state index contributed by atoms with van der Waals surface area (Å²) in [6.45, 7) is 1.76. The molecule has 7 heteroatoms. The van der Waals surface area contributed by atoms with Gasteiger partial charge in [0.15, 0.2) is 0 Å². The van der Waals surface area contributed by atoms with Gasteiger partial charge in [-0.15, -0.1) is 0 Å². The Morgan fingerprint density at radius 3 is 2.68 bits per heavy atom. The third-order valence-corrected chi connectivity index (χ3v) is 6.44. The van der Waals surface area contributed by atoms with Gasteiger partial charge in [0.25, 0.3) is 0 Å². The zero-order valence-electron chi connectivity index (χ0n) is 15.0. The van der Waals surface area contributed by atoms with E-state index < -0.39 is 0 Å². The van der Waals surface area contributed by atoms with Crippen LogP contribution in [-0.4, -0.2) is 35.2 Å². The van der Waals surface area contributed by atoms with Gasteiger partial charge in [-0.1, -0.05) is 40.9 Å². The lowest BCUT2D eigenvalue weighted by Crippen LogP contribution is -2.38. The zero-order valence-corrected chi connectivity index (χ0v) is 17.3. The van der Waals surface area contributed by atoms with Gasteiger partial charge < -0.3 is 9.84 Å². The minimum atomic E-state index is -0.309. The van der Waals surface area contributed by atoms with Crippen molar-refractivity contribution in [2.45, 2.75) is 37.7 Å². The number of halogens is 3. The van der Waals surface area contributed by atoms with E-state index in [1.165, 1.54) is 0 Å². The van der Waals surface area contributed by atoms with Crippen LogP contribution in [0, 0.1) is 11.3 Å². The van der Waals surface area contributed by atoms with E-state index in [-0.39, 0.29) is 18.2 Å². The summed E-state index contributed by atoms with van der Waals surface area (Å²) in [5, 5.41) is 20.7. The van der Waals surface area contributed by atoms with Crippen molar-refractivity contribution in [3.05, 3.63) is 67.7 Å². The number of fused-ring (bicyclic) bond motifs is 1. The summed E-state index contributed by atoms with van der Waals surface area (Å²) in [7, 11) is 0. The largest absolute Gasteiger partial charge is 0.392 e. The number of β-amino-alcohol motifs (C(OH)–C–C–N with tert-alkyl or cyclic N) is 1. The molecule has 0 spiro atoms. The zero-order chi connectivity index (χ0) is 19.8. The quantitative estimate of drug-likeness (QED) is 0.749. The van der Waals surface area contributed by atoms with Crippen LogP contribution in [0.2, 0.25) is 15.1 Å². The second-order valence-corrected chi connectivity index (χ2v) is 8.56. The fraction of sp³-hybridized carbons (Fsp3) is 0.381. The number of benzene rings is 2. The molecule has 2 aromatic carbocycles. The molecule has 1 saturated heterocycles. The number of aliphatic hydroxyl groups excluding tert-OH is 1. The van der Waals surface area contributed by atoms with Crippen molar-refractivity contribution in [3.63, 3.8) is 0 Å². The van der Waals surface area contributed by atoms with Crippen LogP contribution in [0.5, 0.6) is 0 Å². The maximum atomic E-state index is 9.98. The van der Waals surface area contributed by atoms with Crippen molar-refractivity contribution in [2.24, 2.45) is 0 Å². The fourth-order valence-corrected chi connectivity index (χ4v) is 4.94. The van der Waals surface area contributed by atoms with Gasteiger partial charge in [0.1, 0.15) is 0 Å². The molecule has 1 N–H and O–H groups in total. The molecular weight excluding hydrogens is 419 g/mol. The van der Waals surface area contributed by atoms with Gasteiger partial charge >= 0.3 is 0 Å². The van der Waals surface area contributed by atoms with Crippen molar-refractivity contribution in [3.8, 4) is 6.07 Å². The minimum Gasteiger partial charge on any atom is -0.392 e. The molecular formula is C21H19Cl3N2O2. The van der Waals surface area contributed by atoms with Crippen LogP contribution >= 0.6 is 34.8 Å². The van der Waals surface area contributed by atoms with Crippen molar-refractivity contribution in [1.82, 2.24) is 4.90 Å². The average Bonchev–Trinajstić information content (AvgIpc) is 3.24. The maximum absolute atomic E-state index is 9.98. The predicted molar refractivity (Wildman–Crippen MR) is 110 cm³/mol. The second-order valence-electron chi connectivity index (χ2n) is 7.31. The molecule has 1 fully saturated rings. The molecule has 146 valence electrons. The van der Waals surface area contributed by atoms with Gasteiger partial charge in [-0.3, -0.25) is 4.90 Å². The lowest BCUT2D eigenvalue weighted by atomic mass is 10.1. The number of aliphatic hydroxyl groups is 1. The highest BCUT2D eigenvalue weighted by atomic mass is 35.5. The number of hydrogen-bond donors (Lipinski definition) is 1. The van der Waals surface area contributed by atoms with Crippen LogP contribution in [0.3, 0.4) is 0 Å². The Hall–Kier alpha value is -1.32. The maximum Gasteiger partial charge on any atom is 0.0992 e. The summed E-state index contributed by atoms with van der Waals surface area (Å²) in [6, 6.07) is 11.0. The van der Waals surface area contributed by atoms with E-state index in [0.717, 1.165) is 36.1 Å². The van der Waals surface area contributed by atoms with E-state index in [4.69, 9.17) is 44.8 Å². The van der Waals surface area contributed by atoms with Gasteiger partial charge in [0, 0.05) is 34.2 Å². The summed E-state index contributed by atoms with van der Waals surface area (Å²) in [5.74, 6) is 0. The Labute approximate surface area is 179 Å². The lowest BCUT2D eigenvalue weighted by molar-refractivity contribution is -0.0135. The molecule has 0 amide bonds. The number of nitriles is 1. The molecule has 1 aliphatic heterocycles. The first kappa shape index (κ1) is 20.0. The highest BCUT2D eigenvalue weighted by Crippen LogP contribution is 2.43. The Morgan fingerprint density at radius 1 is 1.18 bits per heavy atom. The van der Waals surface area contributed by atoms with Crippen molar-refractivity contribution < 1.29 is 9.84 Å². The Kier molecular flexibility index (Phi) is 5.85. The van der Waals surface area contributed by atoms with Crippen LogP contribution in [-0.2, 0) is 17.8 Å². The van der Waals surface area contributed by atoms with Gasteiger partial charge in [-0.25, -0.2) is 0 Å². The normalized spacial score (nSPS) is 24.3. The van der Waals surface area contributed by atoms with Crippen molar-refractivity contribution >= 4 is 34.8 Å². The minimum absolute atomic E-state index is 0.0836. The van der Waals surface area contributed by atoms with E-state index in [9.17, 15) is 5.11 Å². The molecule has 3 atom stereocenters. The Morgan fingerprint density at radius 2 is 2.00 bits per heavy atom. The van der Waals surface area contributed by atoms with Gasteiger partial charge in [-0.2, -0.15) is 5.26 Å². The number of rotatable bonds is 4. The third kappa shape index (κ3) is 3.89.